The Hall–Kier alpha value is -4.20. The fourth-order valence-electron chi connectivity index (χ4n) is 8.44. The second-order valence-corrected chi connectivity index (χ2v) is 20.7. The van der Waals surface area contributed by atoms with Crippen LogP contribution < -0.4 is 19.1 Å². The van der Waals surface area contributed by atoms with Crippen LogP contribution in [0.3, 0.4) is 0 Å². The zero-order chi connectivity index (χ0) is 41.7. The lowest BCUT2D eigenvalue weighted by Crippen LogP contribution is -2.48. The highest BCUT2D eigenvalue weighted by atomic mass is 32.2. The molecule has 57 heavy (non-hydrogen) atoms. The molecule has 1 aromatic heterocycles. The van der Waals surface area contributed by atoms with Gasteiger partial charge in [-0.2, -0.15) is 4.98 Å². The van der Waals surface area contributed by atoms with Crippen LogP contribution in [0.1, 0.15) is 99.3 Å². The largest absolute Gasteiger partial charge is 0.497 e. The summed E-state index contributed by atoms with van der Waals surface area (Å²) >= 11 is 0. The van der Waals surface area contributed by atoms with Gasteiger partial charge in [0.1, 0.15) is 23.3 Å². The number of benzene rings is 1. The van der Waals surface area contributed by atoms with E-state index in [0.717, 1.165) is 23.6 Å². The Morgan fingerprint density at radius 3 is 2.46 bits per heavy atom. The first kappa shape index (κ1) is 42.4. The van der Waals surface area contributed by atoms with Crippen molar-refractivity contribution in [2.45, 2.75) is 122 Å². The van der Waals surface area contributed by atoms with Gasteiger partial charge in [0.25, 0.3) is 0 Å². The fourth-order valence-corrected chi connectivity index (χ4v) is 9.78. The Bertz CT molecular complexity index is 2040. The predicted molar refractivity (Wildman–Crippen MR) is 217 cm³/mol. The molecule has 13 nitrogen and oxygen atoms in total. The van der Waals surface area contributed by atoms with E-state index in [-0.39, 0.29) is 55.3 Å². The molecule has 2 saturated carbocycles. The number of nitrogens with one attached hydrogen (secondary N) is 1. The highest BCUT2D eigenvalue weighted by molar-refractivity contribution is 7.91. The minimum Gasteiger partial charge on any atom is -0.497 e. The van der Waals surface area contributed by atoms with E-state index in [1.54, 1.807) is 34.8 Å². The second-order valence-electron chi connectivity index (χ2n) is 18.5. The number of rotatable bonds is 9. The van der Waals surface area contributed by atoms with Crippen LogP contribution in [0.2, 0.25) is 0 Å². The number of ether oxygens (including phenoxy) is 3. The van der Waals surface area contributed by atoms with Crippen LogP contribution in [0.4, 0.5) is 5.82 Å². The predicted octanol–water partition coefficient (Wildman–Crippen LogP) is 5.98. The Morgan fingerprint density at radius 2 is 1.81 bits per heavy atom. The summed E-state index contributed by atoms with van der Waals surface area (Å²) in [5.74, 6) is -1.37. The lowest BCUT2D eigenvalue weighted by Gasteiger charge is -2.32. The molecular weight excluding hydrogens is 749 g/mol. The zero-order valence-electron chi connectivity index (χ0n) is 34.9. The summed E-state index contributed by atoms with van der Waals surface area (Å²) in [7, 11) is 1.38. The maximum absolute atomic E-state index is 15.0. The van der Waals surface area contributed by atoms with Gasteiger partial charge >= 0.3 is 5.97 Å². The number of carbonyl (C=O) groups is 4. The molecule has 2 aliphatic heterocycles. The lowest BCUT2D eigenvalue weighted by atomic mass is 9.82. The molecule has 1 aromatic carbocycles. The van der Waals surface area contributed by atoms with Crippen LogP contribution in [0.25, 0.3) is 10.8 Å². The van der Waals surface area contributed by atoms with Crippen LogP contribution in [-0.4, -0.2) is 92.1 Å². The Morgan fingerprint density at radius 1 is 1.09 bits per heavy atom. The van der Waals surface area contributed by atoms with E-state index < -0.39 is 55.7 Å². The number of aromatic nitrogens is 1. The highest BCUT2D eigenvalue weighted by Gasteiger charge is 2.62. The number of amides is 2. The first-order valence-electron chi connectivity index (χ1n) is 20.3. The number of hydrogen-bond donors (Lipinski definition) is 1. The molecule has 0 spiro atoms. The maximum Gasteiger partial charge on any atom is 0.307 e. The minimum absolute atomic E-state index is 0.0448. The van der Waals surface area contributed by atoms with Crippen molar-refractivity contribution in [1.82, 2.24) is 14.6 Å². The molecule has 0 bridgehead atoms. The molecule has 2 amide bonds. The topological polar surface area (TPSA) is 162 Å². The molecule has 3 heterocycles. The van der Waals surface area contributed by atoms with Gasteiger partial charge in [0, 0.05) is 32.3 Å². The molecule has 0 radical (unpaired) electrons. The number of methoxy groups -OCH3 is 1. The van der Waals surface area contributed by atoms with Crippen molar-refractivity contribution in [3.05, 3.63) is 36.4 Å². The van der Waals surface area contributed by atoms with E-state index >= 15 is 0 Å². The van der Waals surface area contributed by atoms with Crippen LogP contribution >= 0.6 is 0 Å². The van der Waals surface area contributed by atoms with Crippen LogP contribution in [0.15, 0.2) is 36.4 Å². The number of nitrogens with zero attached hydrogens (tertiary/aromatic N) is 3. The first-order valence-corrected chi connectivity index (χ1v) is 21.7. The number of hydrogen-bond acceptors (Lipinski definition) is 11. The van der Waals surface area contributed by atoms with Crippen LogP contribution in [-0.2, 0) is 33.9 Å². The molecule has 2 aromatic rings. The summed E-state index contributed by atoms with van der Waals surface area (Å²) in [6.45, 7) is 11.1. The molecule has 1 saturated heterocycles. The third-order valence-corrected chi connectivity index (χ3v) is 14.5. The van der Waals surface area contributed by atoms with E-state index in [4.69, 9.17) is 19.2 Å². The number of carbonyl (C=O) groups excluding carboxylic acids is 4. The molecule has 0 unspecified atom stereocenters. The summed E-state index contributed by atoms with van der Waals surface area (Å²) in [6.07, 6.45) is 6.46. The number of sulfonamides is 1. The SMILES string of the molecule is COc1ccc2c(O[C@@H]3C[C@H]4C(=O)C[C@]5(C(=O)NS(=O)(=O)C6(C)CC6)C[C@H]5/C=C\CC[C@@H](C)C[C@@H](C)[C@H](CC(=O)OC(C)(C)C)C(=O)N4C3)nc(N(C)C)cc2c1. The molecule has 4 aliphatic rings. The normalized spacial score (nSPS) is 29.6. The van der Waals surface area contributed by atoms with Gasteiger partial charge in [0.05, 0.1) is 42.2 Å². The Balaban J connectivity index is 1.37. The Kier molecular flexibility index (Phi) is 11.8. The summed E-state index contributed by atoms with van der Waals surface area (Å²) in [5.41, 5.74) is -2.03. The van der Waals surface area contributed by atoms with Gasteiger partial charge in [-0.3, -0.25) is 23.9 Å². The van der Waals surface area contributed by atoms with Gasteiger partial charge in [-0.1, -0.05) is 26.0 Å². The Labute approximate surface area is 337 Å². The van der Waals surface area contributed by atoms with E-state index in [9.17, 15) is 27.6 Å². The molecule has 312 valence electrons. The van der Waals surface area contributed by atoms with Gasteiger partial charge in [-0.05, 0) is 114 Å². The minimum atomic E-state index is -3.96. The van der Waals surface area contributed by atoms with Crippen molar-refractivity contribution in [2.75, 3.05) is 32.6 Å². The van der Waals surface area contributed by atoms with Gasteiger partial charge in [-0.25, -0.2) is 8.42 Å². The lowest BCUT2D eigenvalue weighted by molar-refractivity contribution is -0.160. The summed E-state index contributed by atoms with van der Waals surface area (Å²) in [6, 6.07) is 6.50. The van der Waals surface area contributed by atoms with Gasteiger partial charge in [-0.15, -0.1) is 0 Å². The maximum atomic E-state index is 15.0. The average Bonchev–Trinajstić information content (AvgIpc) is 4.00. The van der Waals surface area contributed by atoms with Crippen molar-refractivity contribution in [2.24, 2.45) is 29.1 Å². The average molecular weight is 809 g/mol. The van der Waals surface area contributed by atoms with E-state index in [2.05, 4.69) is 11.6 Å². The third-order valence-electron chi connectivity index (χ3n) is 12.3. The molecule has 1 N–H and O–H groups in total. The van der Waals surface area contributed by atoms with Crippen molar-refractivity contribution >= 4 is 50.2 Å². The van der Waals surface area contributed by atoms with Crippen molar-refractivity contribution in [3.63, 3.8) is 0 Å². The fraction of sp³-hybridized carbons (Fsp3) is 0.651. The molecular formula is C43H60N4O9S. The zero-order valence-corrected chi connectivity index (χ0v) is 35.7. The molecule has 2 aliphatic carbocycles. The monoisotopic (exact) mass is 808 g/mol. The number of esters is 1. The number of Topliss-reactive ketones (excluding diaryl/α,β-unsaturated/α-hetero) is 1. The summed E-state index contributed by atoms with van der Waals surface area (Å²) in [4.78, 5) is 65.3. The number of fused-ring (bicyclic) bond motifs is 3. The number of ketones is 1. The van der Waals surface area contributed by atoms with Crippen LogP contribution in [0.5, 0.6) is 11.6 Å². The van der Waals surface area contributed by atoms with Gasteiger partial charge in [0.15, 0.2) is 5.78 Å². The standard InChI is InChI=1S/C43H60N4O9S/c1-26-12-10-11-13-29-23-43(29,40(51)45-57(52,53)42(6)16-17-42)24-35(48)34-21-31(25-47(34)39(50)33(27(2)18-26)22-37(49)56-41(3,4)5)55-38-32-15-14-30(54-9)19-28(32)20-36(44-38)46(7)8/h11,13-15,19-20,26-27,29,31,33-34H,10,12,16-18,21-25H2,1-9H3,(H,45,51)/b13-11-/t26-,27-,29-,31-,33+,34+,43-/m1/s1. The number of allylic oxidation sites excluding steroid dienone is 2. The molecule has 14 heteroatoms. The van der Waals surface area contributed by atoms with E-state index in [1.807, 2.05) is 62.3 Å². The number of pyridine rings is 1. The smallest absolute Gasteiger partial charge is 0.307 e. The van der Waals surface area contributed by atoms with E-state index in [1.165, 1.54) is 4.90 Å². The van der Waals surface area contributed by atoms with Gasteiger partial charge < -0.3 is 24.0 Å². The number of anilines is 1. The third kappa shape index (κ3) is 9.26. The van der Waals surface area contributed by atoms with Crippen molar-refractivity contribution in [3.8, 4) is 11.6 Å². The van der Waals surface area contributed by atoms with Crippen LogP contribution in [0, 0.1) is 29.1 Å². The molecule has 7 atom stereocenters. The van der Waals surface area contributed by atoms with Gasteiger partial charge in [0.2, 0.25) is 27.7 Å². The molecule has 3 fully saturated rings. The summed E-state index contributed by atoms with van der Waals surface area (Å²) < 4.78 is 45.7. The van der Waals surface area contributed by atoms with E-state index in [0.29, 0.717) is 43.1 Å². The quantitative estimate of drug-likeness (QED) is 0.234. The second kappa shape index (κ2) is 15.9. The molecule has 6 rings (SSSR count). The summed E-state index contributed by atoms with van der Waals surface area (Å²) in [5, 5.41) is 1.56. The van der Waals surface area contributed by atoms with Crippen molar-refractivity contribution < 1.29 is 41.8 Å². The first-order chi connectivity index (χ1) is 26.6. The van der Waals surface area contributed by atoms with Crippen molar-refractivity contribution in [1.29, 1.82) is 0 Å². The highest BCUT2D eigenvalue weighted by Crippen LogP contribution is 2.58.